The standard InChI is InChI=1S/C12H16OS/c1-2-6-11(12(13)14)9-10-7-4-3-5-8-10/h3-5,7-8,11H,2,6,9H2,1H3,(H,13,14). The Kier molecular flexibility index (Phi) is 4.60. The quantitative estimate of drug-likeness (QED) is 0.747. The van der Waals surface area contributed by atoms with E-state index in [1.807, 2.05) is 18.2 Å². The van der Waals surface area contributed by atoms with Crippen molar-refractivity contribution in [3.63, 3.8) is 0 Å². The van der Waals surface area contributed by atoms with Gasteiger partial charge in [-0.15, -0.1) is 0 Å². The van der Waals surface area contributed by atoms with E-state index in [1.54, 1.807) is 0 Å². The van der Waals surface area contributed by atoms with Crippen molar-refractivity contribution in [3.8, 4) is 0 Å². The molecule has 1 aromatic rings. The Labute approximate surface area is 90.8 Å². The minimum atomic E-state index is 0.136. The average molecular weight is 208 g/mol. The highest BCUT2D eigenvalue weighted by atomic mass is 32.1. The van der Waals surface area contributed by atoms with E-state index in [4.69, 9.17) is 12.2 Å². The molecular weight excluding hydrogens is 192 g/mol. The first-order valence-corrected chi connectivity index (χ1v) is 5.41. The first-order chi connectivity index (χ1) is 6.74. The number of hydrogen-bond acceptors (Lipinski definition) is 1. The van der Waals surface area contributed by atoms with E-state index < -0.39 is 0 Å². The van der Waals surface area contributed by atoms with Crippen molar-refractivity contribution < 1.29 is 5.11 Å². The Bertz CT molecular complexity index is 282. The molecule has 76 valence electrons. The third-order valence-electron chi connectivity index (χ3n) is 2.31. The average Bonchev–Trinajstić information content (AvgIpc) is 2.18. The summed E-state index contributed by atoms with van der Waals surface area (Å²) in [5.41, 5.74) is 1.24. The van der Waals surface area contributed by atoms with Crippen LogP contribution in [-0.4, -0.2) is 10.2 Å². The van der Waals surface area contributed by atoms with Gasteiger partial charge in [-0.05, 0) is 30.6 Å². The summed E-state index contributed by atoms with van der Waals surface area (Å²) in [6.07, 6.45) is 2.87. The molecule has 0 aliphatic rings. The van der Waals surface area contributed by atoms with Gasteiger partial charge in [-0.2, -0.15) is 0 Å². The molecule has 1 atom stereocenters. The lowest BCUT2D eigenvalue weighted by molar-refractivity contribution is 0.473. The molecule has 1 aromatic carbocycles. The van der Waals surface area contributed by atoms with Crippen LogP contribution in [-0.2, 0) is 6.42 Å². The molecule has 0 spiro atoms. The SMILES string of the molecule is CCCC(Cc1ccccc1)C(O)=S. The highest BCUT2D eigenvalue weighted by Gasteiger charge is 2.12. The lowest BCUT2D eigenvalue weighted by Crippen LogP contribution is -2.14. The minimum absolute atomic E-state index is 0.136. The summed E-state index contributed by atoms with van der Waals surface area (Å²) in [5.74, 6) is 0.136. The van der Waals surface area contributed by atoms with Crippen molar-refractivity contribution in [2.45, 2.75) is 26.2 Å². The number of aliphatic hydroxyl groups excluding tert-OH is 1. The number of hydrogen-bond donors (Lipinski definition) is 1. The summed E-state index contributed by atoms with van der Waals surface area (Å²) >= 11 is 4.84. The summed E-state index contributed by atoms with van der Waals surface area (Å²) < 4.78 is 0. The van der Waals surface area contributed by atoms with Gasteiger partial charge in [-0.25, -0.2) is 0 Å². The number of benzene rings is 1. The lowest BCUT2D eigenvalue weighted by Gasteiger charge is -2.12. The van der Waals surface area contributed by atoms with Gasteiger partial charge in [-0.3, -0.25) is 0 Å². The molecule has 1 rings (SSSR count). The zero-order valence-electron chi connectivity index (χ0n) is 8.44. The van der Waals surface area contributed by atoms with Gasteiger partial charge in [0, 0.05) is 5.92 Å². The predicted molar refractivity (Wildman–Crippen MR) is 63.8 cm³/mol. The second kappa shape index (κ2) is 5.76. The van der Waals surface area contributed by atoms with Crippen molar-refractivity contribution >= 4 is 17.3 Å². The van der Waals surface area contributed by atoms with Crippen LogP contribution >= 0.6 is 12.2 Å². The molecule has 0 saturated carbocycles. The largest absolute Gasteiger partial charge is 0.502 e. The predicted octanol–water partition coefficient (Wildman–Crippen LogP) is 3.53. The van der Waals surface area contributed by atoms with E-state index in [1.165, 1.54) is 5.56 Å². The van der Waals surface area contributed by atoms with Crippen LogP contribution in [0.3, 0.4) is 0 Å². The van der Waals surface area contributed by atoms with Crippen LogP contribution in [0, 0.1) is 5.92 Å². The van der Waals surface area contributed by atoms with E-state index in [0.717, 1.165) is 19.3 Å². The molecular formula is C12H16OS. The fraction of sp³-hybridized carbons (Fsp3) is 0.417. The molecule has 0 amide bonds. The second-order valence-electron chi connectivity index (χ2n) is 3.51. The molecule has 0 fully saturated rings. The van der Waals surface area contributed by atoms with Crippen molar-refractivity contribution in [2.75, 3.05) is 0 Å². The maximum atomic E-state index is 9.34. The van der Waals surface area contributed by atoms with Crippen LogP contribution in [0.25, 0.3) is 0 Å². The first-order valence-electron chi connectivity index (χ1n) is 5.00. The molecule has 14 heavy (non-hydrogen) atoms. The fourth-order valence-corrected chi connectivity index (χ4v) is 1.76. The second-order valence-corrected chi connectivity index (χ2v) is 3.93. The van der Waals surface area contributed by atoms with Crippen LogP contribution in [0.15, 0.2) is 30.3 Å². The molecule has 2 heteroatoms. The van der Waals surface area contributed by atoms with Crippen LogP contribution < -0.4 is 0 Å². The summed E-state index contributed by atoms with van der Waals surface area (Å²) in [7, 11) is 0. The molecule has 0 aromatic heterocycles. The molecule has 1 N–H and O–H groups in total. The first kappa shape index (κ1) is 11.2. The van der Waals surface area contributed by atoms with Crippen LogP contribution in [0.2, 0.25) is 0 Å². The monoisotopic (exact) mass is 208 g/mol. The van der Waals surface area contributed by atoms with Crippen molar-refractivity contribution in [1.82, 2.24) is 0 Å². The van der Waals surface area contributed by atoms with E-state index in [-0.39, 0.29) is 11.0 Å². The van der Waals surface area contributed by atoms with Gasteiger partial charge < -0.3 is 5.11 Å². The van der Waals surface area contributed by atoms with Crippen LogP contribution in [0.4, 0.5) is 0 Å². The molecule has 0 radical (unpaired) electrons. The van der Waals surface area contributed by atoms with Crippen molar-refractivity contribution in [2.24, 2.45) is 5.92 Å². The van der Waals surface area contributed by atoms with Gasteiger partial charge in [-0.1, -0.05) is 43.7 Å². The normalized spacial score (nSPS) is 12.4. The Morgan fingerprint density at radius 2 is 2.00 bits per heavy atom. The molecule has 0 bridgehead atoms. The Balaban J connectivity index is 2.60. The van der Waals surface area contributed by atoms with Gasteiger partial charge in [0.1, 0.15) is 0 Å². The highest BCUT2D eigenvalue weighted by molar-refractivity contribution is 7.80. The maximum Gasteiger partial charge on any atom is 0.159 e. The van der Waals surface area contributed by atoms with Gasteiger partial charge >= 0.3 is 0 Å². The summed E-state index contributed by atoms with van der Waals surface area (Å²) in [6.45, 7) is 2.11. The summed E-state index contributed by atoms with van der Waals surface area (Å²) in [6, 6.07) is 10.2. The van der Waals surface area contributed by atoms with Gasteiger partial charge in [0.2, 0.25) is 0 Å². The Hall–Kier alpha value is -0.890. The molecule has 0 aliphatic heterocycles. The number of thiocarbonyl (C=S) groups is 1. The van der Waals surface area contributed by atoms with Crippen LogP contribution in [0.5, 0.6) is 0 Å². The van der Waals surface area contributed by atoms with Crippen molar-refractivity contribution in [3.05, 3.63) is 35.9 Å². The highest BCUT2D eigenvalue weighted by Crippen LogP contribution is 2.15. The fourth-order valence-electron chi connectivity index (χ4n) is 1.56. The Morgan fingerprint density at radius 3 is 2.50 bits per heavy atom. The minimum Gasteiger partial charge on any atom is -0.502 e. The van der Waals surface area contributed by atoms with Gasteiger partial charge in [0.05, 0.1) is 0 Å². The Morgan fingerprint density at radius 1 is 1.36 bits per heavy atom. The maximum absolute atomic E-state index is 9.34. The zero-order valence-corrected chi connectivity index (χ0v) is 9.26. The molecule has 0 aliphatic carbocycles. The number of aliphatic hydroxyl groups is 1. The smallest absolute Gasteiger partial charge is 0.159 e. The third kappa shape index (κ3) is 3.46. The third-order valence-corrected chi connectivity index (χ3v) is 2.64. The molecule has 1 nitrogen and oxygen atoms in total. The van der Waals surface area contributed by atoms with E-state index in [2.05, 4.69) is 19.1 Å². The van der Waals surface area contributed by atoms with Gasteiger partial charge in [0.25, 0.3) is 0 Å². The van der Waals surface area contributed by atoms with Gasteiger partial charge in [0.15, 0.2) is 5.05 Å². The number of rotatable bonds is 5. The summed E-state index contributed by atoms with van der Waals surface area (Å²) in [4.78, 5) is 0. The van der Waals surface area contributed by atoms with E-state index in [9.17, 15) is 5.11 Å². The van der Waals surface area contributed by atoms with E-state index in [0.29, 0.717) is 0 Å². The van der Waals surface area contributed by atoms with Crippen molar-refractivity contribution in [1.29, 1.82) is 0 Å². The molecule has 0 saturated heterocycles. The van der Waals surface area contributed by atoms with Crippen LogP contribution in [0.1, 0.15) is 25.3 Å². The van der Waals surface area contributed by atoms with E-state index >= 15 is 0 Å². The molecule has 0 heterocycles. The topological polar surface area (TPSA) is 20.2 Å². The zero-order chi connectivity index (χ0) is 10.4. The summed E-state index contributed by atoms with van der Waals surface area (Å²) in [5, 5.41) is 9.48. The molecule has 1 unspecified atom stereocenters. The lowest BCUT2D eigenvalue weighted by atomic mass is 9.96.